The fourth-order valence-electron chi connectivity index (χ4n) is 3.89. The van der Waals surface area contributed by atoms with Gasteiger partial charge in [0.1, 0.15) is 12.2 Å². The molecule has 0 bridgehead atoms. The number of alkyl halides is 3. The molecule has 1 aliphatic heterocycles. The van der Waals surface area contributed by atoms with Crippen LogP contribution in [0.1, 0.15) is 73.1 Å². The number of esters is 1. The number of carbonyl (C=O) groups excluding carboxylic acids is 3. The van der Waals surface area contributed by atoms with Gasteiger partial charge in [-0.05, 0) is 51.9 Å². The first-order valence-electron chi connectivity index (χ1n) is 11.0. The lowest BCUT2D eigenvalue weighted by Crippen LogP contribution is -2.48. The second kappa shape index (κ2) is 9.77. The molecular formula is C22H34F3NO5. The van der Waals surface area contributed by atoms with Gasteiger partial charge >= 0.3 is 18.2 Å². The smallest absolute Gasteiger partial charge is 0.416 e. The maximum atomic E-state index is 13.5. The van der Waals surface area contributed by atoms with Gasteiger partial charge in [-0.2, -0.15) is 13.2 Å². The maximum absolute atomic E-state index is 13.5. The van der Waals surface area contributed by atoms with Gasteiger partial charge in [0.2, 0.25) is 5.91 Å². The van der Waals surface area contributed by atoms with E-state index >= 15 is 0 Å². The molecule has 3 atom stereocenters. The van der Waals surface area contributed by atoms with E-state index in [2.05, 4.69) is 0 Å². The summed E-state index contributed by atoms with van der Waals surface area (Å²) in [5.74, 6) is -3.05. The molecular weight excluding hydrogens is 415 g/mol. The Morgan fingerprint density at radius 1 is 1.16 bits per heavy atom. The highest BCUT2D eigenvalue weighted by Gasteiger charge is 2.47. The number of cyclic esters (lactones) is 1. The number of ether oxygens (including phenoxy) is 2. The first-order chi connectivity index (χ1) is 14.2. The average Bonchev–Trinajstić information content (AvgIpc) is 3.33. The Bertz CT molecular complexity index is 667. The number of hydrogen-bond donors (Lipinski definition) is 0. The van der Waals surface area contributed by atoms with Crippen LogP contribution in [0.2, 0.25) is 0 Å². The summed E-state index contributed by atoms with van der Waals surface area (Å²) in [6.45, 7) is 8.81. The van der Waals surface area contributed by atoms with E-state index in [1.807, 2.05) is 13.8 Å². The van der Waals surface area contributed by atoms with Crippen LogP contribution in [-0.2, 0) is 19.1 Å². The van der Waals surface area contributed by atoms with Crippen molar-refractivity contribution in [1.82, 2.24) is 4.90 Å². The van der Waals surface area contributed by atoms with Crippen LogP contribution in [0, 0.1) is 23.7 Å². The monoisotopic (exact) mass is 449 g/mol. The number of halogens is 3. The van der Waals surface area contributed by atoms with Gasteiger partial charge in [0.25, 0.3) is 0 Å². The SMILES string of the molecule is CC(C)[C@H]1COC(=O)N1C(=O)[C@H](CCCC(F)(F)F)[C@H](CC1CC1)C(=O)OC(C)(C)C. The molecule has 1 saturated carbocycles. The molecule has 0 N–H and O–H groups in total. The molecule has 0 spiro atoms. The molecule has 2 aliphatic rings. The van der Waals surface area contributed by atoms with Crippen molar-refractivity contribution in [1.29, 1.82) is 0 Å². The number of amides is 2. The van der Waals surface area contributed by atoms with Crippen LogP contribution in [0.25, 0.3) is 0 Å². The van der Waals surface area contributed by atoms with E-state index in [0.717, 1.165) is 17.7 Å². The van der Waals surface area contributed by atoms with Crippen molar-refractivity contribution in [3.05, 3.63) is 0 Å². The second-order valence-corrected chi connectivity index (χ2v) is 10.0. The minimum atomic E-state index is -4.36. The molecule has 0 radical (unpaired) electrons. The predicted octanol–water partition coefficient (Wildman–Crippen LogP) is 5.10. The molecule has 6 nitrogen and oxygen atoms in total. The molecule has 0 aromatic heterocycles. The normalized spacial score (nSPS) is 21.8. The quantitative estimate of drug-likeness (QED) is 0.458. The first-order valence-corrected chi connectivity index (χ1v) is 11.0. The van der Waals surface area contributed by atoms with Crippen molar-refractivity contribution in [2.75, 3.05) is 6.61 Å². The molecule has 1 aliphatic carbocycles. The summed E-state index contributed by atoms with van der Waals surface area (Å²) in [6, 6.07) is -0.509. The molecule has 31 heavy (non-hydrogen) atoms. The Morgan fingerprint density at radius 2 is 1.77 bits per heavy atom. The molecule has 1 heterocycles. The summed E-state index contributed by atoms with van der Waals surface area (Å²) in [7, 11) is 0. The van der Waals surface area contributed by atoms with E-state index < -0.39 is 54.0 Å². The topological polar surface area (TPSA) is 72.9 Å². The highest BCUT2D eigenvalue weighted by molar-refractivity contribution is 5.96. The molecule has 2 amide bonds. The molecule has 0 unspecified atom stereocenters. The summed E-state index contributed by atoms with van der Waals surface area (Å²) in [6.07, 6.45) is -4.50. The number of carbonyl (C=O) groups is 3. The van der Waals surface area contributed by atoms with Crippen LogP contribution < -0.4 is 0 Å². The van der Waals surface area contributed by atoms with E-state index in [-0.39, 0.29) is 31.3 Å². The summed E-state index contributed by atoms with van der Waals surface area (Å²) in [5.41, 5.74) is -0.800. The van der Waals surface area contributed by atoms with Gasteiger partial charge in [0.15, 0.2) is 0 Å². The lowest BCUT2D eigenvalue weighted by Gasteiger charge is -2.32. The largest absolute Gasteiger partial charge is 0.460 e. The van der Waals surface area contributed by atoms with E-state index in [9.17, 15) is 27.6 Å². The molecule has 9 heteroatoms. The van der Waals surface area contributed by atoms with Gasteiger partial charge in [-0.3, -0.25) is 9.59 Å². The van der Waals surface area contributed by atoms with Crippen molar-refractivity contribution in [2.24, 2.45) is 23.7 Å². The van der Waals surface area contributed by atoms with E-state index in [1.165, 1.54) is 0 Å². The first kappa shape index (κ1) is 25.5. The predicted molar refractivity (Wildman–Crippen MR) is 107 cm³/mol. The summed E-state index contributed by atoms with van der Waals surface area (Å²) >= 11 is 0. The minimum absolute atomic E-state index is 0.0389. The maximum Gasteiger partial charge on any atom is 0.416 e. The number of rotatable bonds is 9. The van der Waals surface area contributed by atoms with Crippen molar-refractivity contribution in [3.63, 3.8) is 0 Å². The molecule has 2 rings (SSSR count). The third-order valence-electron chi connectivity index (χ3n) is 5.68. The summed E-state index contributed by atoms with van der Waals surface area (Å²) in [5, 5.41) is 0. The molecule has 1 saturated heterocycles. The van der Waals surface area contributed by atoms with Crippen LogP contribution in [0.3, 0.4) is 0 Å². The third-order valence-corrected chi connectivity index (χ3v) is 5.68. The number of hydrogen-bond acceptors (Lipinski definition) is 5. The van der Waals surface area contributed by atoms with Gasteiger partial charge in [-0.25, -0.2) is 9.69 Å². The van der Waals surface area contributed by atoms with Crippen molar-refractivity contribution >= 4 is 18.0 Å². The molecule has 0 aromatic rings. The highest BCUT2D eigenvalue weighted by atomic mass is 19.4. The number of nitrogens with zero attached hydrogens (tertiary/aromatic N) is 1. The van der Waals surface area contributed by atoms with Crippen LogP contribution in [0.5, 0.6) is 0 Å². The van der Waals surface area contributed by atoms with Crippen molar-refractivity contribution in [2.45, 2.75) is 91.0 Å². The van der Waals surface area contributed by atoms with Crippen LogP contribution in [0.15, 0.2) is 0 Å². The van der Waals surface area contributed by atoms with E-state index in [0.29, 0.717) is 6.42 Å². The Balaban J connectivity index is 2.32. The summed E-state index contributed by atoms with van der Waals surface area (Å²) < 4.78 is 48.9. The third kappa shape index (κ3) is 7.68. The standard InChI is InChI=1S/C22H34F3NO5/c1-13(2)17-12-30-20(29)26(17)18(27)15(7-6-10-22(23,24)25)16(11-14-8-9-14)19(28)31-21(3,4)5/h13-17H,6-12H2,1-5H3/t15-,16+,17-/m1/s1. The molecule has 178 valence electrons. The fraction of sp³-hybridized carbons (Fsp3) is 0.864. The van der Waals surface area contributed by atoms with Crippen LogP contribution >= 0.6 is 0 Å². The second-order valence-electron chi connectivity index (χ2n) is 10.0. The zero-order valence-electron chi connectivity index (χ0n) is 19.0. The Morgan fingerprint density at radius 3 is 2.26 bits per heavy atom. The van der Waals surface area contributed by atoms with Crippen LogP contribution in [-0.4, -0.2) is 47.3 Å². The fourth-order valence-corrected chi connectivity index (χ4v) is 3.89. The van der Waals surface area contributed by atoms with Crippen molar-refractivity contribution in [3.8, 4) is 0 Å². The lowest BCUT2D eigenvalue weighted by molar-refractivity contribution is -0.166. The average molecular weight is 450 g/mol. The Labute approximate surface area is 181 Å². The van der Waals surface area contributed by atoms with Gasteiger partial charge in [-0.1, -0.05) is 26.7 Å². The summed E-state index contributed by atoms with van der Waals surface area (Å²) in [4.78, 5) is 39.8. The Hall–Kier alpha value is -1.80. The van der Waals surface area contributed by atoms with Crippen molar-refractivity contribution < 1.29 is 37.0 Å². The lowest BCUT2D eigenvalue weighted by atomic mass is 9.82. The highest BCUT2D eigenvalue weighted by Crippen LogP contribution is 2.41. The minimum Gasteiger partial charge on any atom is -0.460 e. The van der Waals surface area contributed by atoms with Gasteiger partial charge < -0.3 is 9.47 Å². The van der Waals surface area contributed by atoms with Gasteiger partial charge in [0.05, 0.1) is 17.9 Å². The van der Waals surface area contributed by atoms with E-state index in [4.69, 9.17) is 9.47 Å². The van der Waals surface area contributed by atoms with Gasteiger partial charge in [0, 0.05) is 6.42 Å². The van der Waals surface area contributed by atoms with E-state index in [1.54, 1.807) is 20.8 Å². The zero-order valence-corrected chi connectivity index (χ0v) is 19.0. The van der Waals surface area contributed by atoms with Crippen LogP contribution in [0.4, 0.5) is 18.0 Å². The molecule has 2 fully saturated rings. The van der Waals surface area contributed by atoms with Gasteiger partial charge in [-0.15, -0.1) is 0 Å². The number of imide groups is 1. The zero-order chi connectivity index (χ0) is 23.6. The molecule has 0 aromatic carbocycles. The Kier molecular flexibility index (Phi) is 8.03.